The van der Waals surface area contributed by atoms with E-state index in [0.29, 0.717) is 17.2 Å². The van der Waals surface area contributed by atoms with Gasteiger partial charge in [0.05, 0.1) is 21.3 Å². The zero-order valence-electron chi connectivity index (χ0n) is 12.7. The van der Waals surface area contributed by atoms with Gasteiger partial charge >= 0.3 is 0 Å². The first kappa shape index (κ1) is 15.2. The van der Waals surface area contributed by atoms with Crippen molar-refractivity contribution in [2.45, 2.75) is 13.0 Å². The van der Waals surface area contributed by atoms with Crippen LogP contribution in [-0.2, 0) is 0 Å². The largest absolute Gasteiger partial charge is 0.497 e. The van der Waals surface area contributed by atoms with Crippen LogP contribution in [0, 0.1) is 6.92 Å². The number of hydrogen-bond acceptors (Lipinski definition) is 4. The van der Waals surface area contributed by atoms with Gasteiger partial charge in [0.15, 0.2) is 11.5 Å². The van der Waals surface area contributed by atoms with Crippen molar-refractivity contribution in [3.8, 4) is 17.2 Å². The number of rotatable bonds is 5. The van der Waals surface area contributed by atoms with Gasteiger partial charge in [0.2, 0.25) is 0 Å². The van der Waals surface area contributed by atoms with Crippen LogP contribution in [0.5, 0.6) is 17.2 Å². The average Bonchev–Trinajstić information content (AvgIpc) is 2.53. The minimum absolute atomic E-state index is 0.597. The molecule has 21 heavy (non-hydrogen) atoms. The number of hydrogen-bond donors (Lipinski definition) is 1. The second-order valence-corrected chi connectivity index (χ2v) is 4.74. The maximum Gasteiger partial charge on any atom is 0.161 e. The van der Waals surface area contributed by atoms with Gasteiger partial charge in [-0.1, -0.05) is 12.1 Å². The van der Waals surface area contributed by atoms with Crippen LogP contribution in [-0.4, -0.2) is 26.4 Å². The van der Waals surface area contributed by atoms with Crippen LogP contribution in [0.4, 0.5) is 0 Å². The fraction of sp³-hybridized carbons (Fsp3) is 0.294. The minimum atomic E-state index is -0.750. The molecule has 0 saturated heterocycles. The summed E-state index contributed by atoms with van der Waals surface area (Å²) >= 11 is 0. The van der Waals surface area contributed by atoms with E-state index >= 15 is 0 Å². The Morgan fingerprint density at radius 2 is 1.57 bits per heavy atom. The molecule has 0 aliphatic rings. The van der Waals surface area contributed by atoms with Crippen LogP contribution in [0.15, 0.2) is 36.4 Å². The van der Waals surface area contributed by atoms with E-state index in [9.17, 15) is 5.11 Å². The van der Waals surface area contributed by atoms with Crippen molar-refractivity contribution in [3.05, 3.63) is 53.1 Å². The van der Waals surface area contributed by atoms with E-state index in [-0.39, 0.29) is 0 Å². The van der Waals surface area contributed by atoms with E-state index in [2.05, 4.69) is 0 Å². The molecule has 0 aliphatic carbocycles. The van der Waals surface area contributed by atoms with Crippen molar-refractivity contribution in [3.63, 3.8) is 0 Å². The van der Waals surface area contributed by atoms with Gasteiger partial charge in [0, 0.05) is 0 Å². The lowest BCUT2D eigenvalue weighted by Gasteiger charge is -2.18. The van der Waals surface area contributed by atoms with E-state index in [1.807, 2.05) is 37.3 Å². The van der Waals surface area contributed by atoms with Gasteiger partial charge in [-0.15, -0.1) is 0 Å². The fourth-order valence-electron chi connectivity index (χ4n) is 2.28. The van der Waals surface area contributed by atoms with Crippen LogP contribution in [0.25, 0.3) is 0 Å². The summed E-state index contributed by atoms with van der Waals surface area (Å²) in [5.74, 6) is 1.96. The van der Waals surface area contributed by atoms with Crippen molar-refractivity contribution in [2.24, 2.45) is 0 Å². The topological polar surface area (TPSA) is 47.9 Å². The van der Waals surface area contributed by atoms with Gasteiger partial charge in [-0.25, -0.2) is 0 Å². The van der Waals surface area contributed by atoms with Crippen molar-refractivity contribution < 1.29 is 19.3 Å². The van der Waals surface area contributed by atoms with E-state index < -0.39 is 6.10 Å². The highest BCUT2D eigenvalue weighted by Gasteiger charge is 2.17. The van der Waals surface area contributed by atoms with Crippen molar-refractivity contribution in [1.29, 1.82) is 0 Å². The molecule has 4 nitrogen and oxygen atoms in total. The molecule has 1 unspecified atom stereocenters. The second-order valence-electron chi connectivity index (χ2n) is 4.74. The highest BCUT2D eigenvalue weighted by atomic mass is 16.5. The predicted molar refractivity (Wildman–Crippen MR) is 81.3 cm³/mol. The van der Waals surface area contributed by atoms with Gasteiger partial charge in [-0.05, 0) is 47.9 Å². The summed E-state index contributed by atoms with van der Waals surface area (Å²) in [7, 11) is 4.78. The zero-order chi connectivity index (χ0) is 15.4. The normalized spacial score (nSPS) is 11.9. The molecule has 112 valence electrons. The molecule has 0 heterocycles. The number of aliphatic hydroxyl groups excluding tert-OH is 1. The van der Waals surface area contributed by atoms with Crippen LogP contribution in [0.3, 0.4) is 0 Å². The molecule has 1 N–H and O–H groups in total. The molecule has 2 rings (SSSR count). The summed E-state index contributed by atoms with van der Waals surface area (Å²) in [6, 6.07) is 11.0. The quantitative estimate of drug-likeness (QED) is 0.918. The van der Waals surface area contributed by atoms with E-state index in [4.69, 9.17) is 14.2 Å². The molecule has 0 fully saturated rings. The first-order chi connectivity index (χ1) is 10.1. The molecule has 0 radical (unpaired) electrons. The first-order valence-electron chi connectivity index (χ1n) is 6.65. The molecule has 0 spiro atoms. The van der Waals surface area contributed by atoms with Crippen LogP contribution < -0.4 is 14.2 Å². The fourth-order valence-corrected chi connectivity index (χ4v) is 2.28. The third-order valence-electron chi connectivity index (χ3n) is 3.48. The predicted octanol–water partition coefficient (Wildman–Crippen LogP) is 3.10. The molecule has 2 aromatic carbocycles. The van der Waals surface area contributed by atoms with Crippen molar-refractivity contribution in [2.75, 3.05) is 21.3 Å². The number of methoxy groups -OCH3 is 3. The van der Waals surface area contributed by atoms with E-state index in [1.54, 1.807) is 27.4 Å². The Morgan fingerprint density at radius 3 is 2.19 bits per heavy atom. The average molecular weight is 288 g/mol. The Balaban J connectivity index is 2.44. The highest BCUT2D eigenvalue weighted by molar-refractivity contribution is 5.49. The summed E-state index contributed by atoms with van der Waals surface area (Å²) in [6.07, 6.45) is -0.750. The Hall–Kier alpha value is -2.20. The molecule has 0 bridgehead atoms. The Kier molecular flexibility index (Phi) is 4.70. The molecule has 0 aromatic heterocycles. The van der Waals surface area contributed by atoms with Gasteiger partial charge < -0.3 is 19.3 Å². The third-order valence-corrected chi connectivity index (χ3v) is 3.48. The molecule has 0 aliphatic heterocycles. The van der Waals surface area contributed by atoms with Gasteiger partial charge in [-0.2, -0.15) is 0 Å². The summed E-state index contributed by atoms with van der Waals surface area (Å²) in [4.78, 5) is 0. The van der Waals surface area contributed by atoms with Crippen LogP contribution in [0.2, 0.25) is 0 Å². The first-order valence-corrected chi connectivity index (χ1v) is 6.65. The van der Waals surface area contributed by atoms with Crippen molar-refractivity contribution >= 4 is 0 Å². The van der Waals surface area contributed by atoms with Gasteiger partial charge in [0.25, 0.3) is 0 Å². The standard InChI is InChI=1S/C17H20O4/c1-11-8-15(20-3)16(21-4)10-14(11)17(18)12-6-5-7-13(9-12)19-2/h5-10,17-18H,1-4H3. The van der Waals surface area contributed by atoms with Crippen molar-refractivity contribution in [1.82, 2.24) is 0 Å². The smallest absolute Gasteiger partial charge is 0.161 e. The number of benzene rings is 2. The Morgan fingerprint density at radius 1 is 0.905 bits per heavy atom. The molecule has 4 heteroatoms. The second kappa shape index (κ2) is 6.50. The van der Waals surface area contributed by atoms with Gasteiger partial charge in [-0.3, -0.25) is 0 Å². The summed E-state index contributed by atoms with van der Waals surface area (Å²) < 4.78 is 15.8. The minimum Gasteiger partial charge on any atom is -0.497 e. The molecule has 2 aromatic rings. The summed E-state index contributed by atoms with van der Waals surface area (Å²) in [5, 5.41) is 10.6. The number of ether oxygens (including phenoxy) is 3. The number of aliphatic hydroxyl groups is 1. The van der Waals surface area contributed by atoms with Gasteiger partial charge in [0.1, 0.15) is 11.9 Å². The lowest BCUT2D eigenvalue weighted by atomic mass is 9.96. The van der Waals surface area contributed by atoms with E-state index in [0.717, 1.165) is 16.7 Å². The van der Waals surface area contributed by atoms with Crippen LogP contribution >= 0.6 is 0 Å². The highest BCUT2D eigenvalue weighted by Crippen LogP contribution is 2.35. The molecule has 0 amide bonds. The lowest BCUT2D eigenvalue weighted by Crippen LogP contribution is -2.04. The molecule has 1 atom stereocenters. The summed E-state index contributed by atoms with van der Waals surface area (Å²) in [6.45, 7) is 1.93. The Bertz CT molecular complexity index is 622. The SMILES string of the molecule is COc1cccc(C(O)c2cc(OC)c(OC)cc2C)c1. The molecular formula is C17H20O4. The maximum atomic E-state index is 10.6. The molecule has 0 saturated carbocycles. The lowest BCUT2D eigenvalue weighted by molar-refractivity contribution is 0.218. The summed E-state index contributed by atoms with van der Waals surface area (Å²) in [5.41, 5.74) is 2.48. The monoisotopic (exact) mass is 288 g/mol. The maximum absolute atomic E-state index is 10.6. The van der Waals surface area contributed by atoms with Crippen LogP contribution in [0.1, 0.15) is 22.8 Å². The van der Waals surface area contributed by atoms with E-state index in [1.165, 1.54) is 0 Å². The number of aryl methyl sites for hydroxylation is 1. The molecular weight excluding hydrogens is 268 g/mol. The third kappa shape index (κ3) is 3.11. The zero-order valence-corrected chi connectivity index (χ0v) is 12.7. The Labute approximate surface area is 124 Å².